The topological polar surface area (TPSA) is 90.9 Å². The van der Waals surface area contributed by atoms with Gasteiger partial charge in [0.05, 0.1) is 6.61 Å². The molecule has 1 aliphatic rings. The molecule has 110 valence electrons. The fourth-order valence-electron chi connectivity index (χ4n) is 2.07. The number of ether oxygens (including phenoxy) is 1. The van der Waals surface area contributed by atoms with Gasteiger partial charge in [0.1, 0.15) is 6.61 Å². The van der Waals surface area contributed by atoms with Crippen molar-refractivity contribution in [3.63, 3.8) is 0 Å². The number of rotatable bonds is 7. The van der Waals surface area contributed by atoms with Crippen molar-refractivity contribution in [3.8, 4) is 0 Å². The normalized spacial score (nSPS) is 19.9. The quantitative estimate of drug-likeness (QED) is 0.562. The minimum atomic E-state index is -1.01. The summed E-state index contributed by atoms with van der Waals surface area (Å²) in [4.78, 5) is 23.9. The molecule has 0 aliphatic carbocycles. The van der Waals surface area contributed by atoms with E-state index >= 15 is 0 Å². The zero-order chi connectivity index (χ0) is 14.1. The number of carboxylic acid groups (broad SMARTS) is 1. The maximum Gasteiger partial charge on any atom is 0.329 e. The first-order valence-corrected chi connectivity index (χ1v) is 6.61. The highest BCUT2D eigenvalue weighted by Crippen LogP contribution is 2.13. The number of likely N-dealkylation sites (tertiary alicyclic amines) is 1. The lowest BCUT2D eigenvalue weighted by atomic mass is 10.0. The molecule has 1 rings (SSSR count). The van der Waals surface area contributed by atoms with Crippen molar-refractivity contribution in [2.45, 2.75) is 25.3 Å². The van der Waals surface area contributed by atoms with Crippen molar-refractivity contribution in [3.05, 3.63) is 0 Å². The summed E-state index contributed by atoms with van der Waals surface area (Å²) in [7, 11) is 2.07. The van der Waals surface area contributed by atoms with Crippen LogP contribution in [-0.4, -0.2) is 67.9 Å². The number of carbonyl (C=O) groups excluding carboxylic acids is 1. The molecular formula is C12H23N3O4. The summed E-state index contributed by atoms with van der Waals surface area (Å²) in [6.07, 6.45) is 3.54. The minimum Gasteiger partial charge on any atom is -0.480 e. The van der Waals surface area contributed by atoms with Crippen molar-refractivity contribution >= 4 is 12.0 Å². The number of likely N-dealkylation sites (N-methyl/N-ethyl adjacent to an activating group) is 1. The number of carbonyl (C=O) groups is 2. The van der Waals surface area contributed by atoms with E-state index in [1.54, 1.807) is 0 Å². The van der Waals surface area contributed by atoms with Crippen LogP contribution in [0.2, 0.25) is 0 Å². The van der Waals surface area contributed by atoms with Crippen LogP contribution >= 0.6 is 0 Å². The summed E-state index contributed by atoms with van der Waals surface area (Å²) in [5.74, 6) is -1.01. The number of carboxylic acids is 1. The molecule has 0 spiro atoms. The van der Waals surface area contributed by atoms with E-state index in [9.17, 15) is 9.59 Å². The molecule has 1 aliphatic heterocycles. The van der Waals surface area contributed by atoms with Crippen LogP contribution in [0.15, 0.2) is 0 Å². The van der Waals surface area contributed by atoms with Crippen LogP contribution in [0.3, 0.4) is 0 Å². The second-order valence-corrected chi connectivity index (χ2v) is 4.71. The van der Waals surface area contributed by atoms with Crippen molar-refractivity contribution < 1.29 is 19.4 Å². The fraction of sp³-hybridized carbons (Fsp3) is 0.833. The number of piperidine rings is 1. The van der Waals surface area contributed by atoms with E-state index in [0.717, 1.165) is 13.0 Å². The van der Waals surface area contributed by atoms with Crippen LogP contribution in [0.5, 0.6) is 0 Å². The fourth-order valence-corrected chi connectivity index (χ4v) is 2.07. The average Bonchev–Trinajstić information content (AvgIpc) is 2.37. The van der Waals surface area contributed by atoms with Gasteiger partial charge in [-0.05, 0) is 26.4 Å². The van der Waals surface area contributed by atoms with Crippen molar-refractivity contribution in [1.29, 1.82) is 0 Å². The lowest BCUT2D eigenvalue weighted by Crippen LogP contribution is -2.47. The van der Waals surface area contributed by atoms with Gasteiger partial charge in [-0.15, -0.1) is 0 Å². The predicted molar refractivity (Wildman–Crippen MR) is 70.1 cm³/mol. The maximum absolute atomic E-state index is 11.5. The molecule has 7 heteroatoms. The number of urea groups is 1. The Morgan fingerprint density at radius 2 is 2.16 bits per heavy atom. The highest BCUT2D eigenvalue weighted by atomic mass is 16.5. The summed E-state index contributed by atoms with van der Waals surface area (Å²) in [6, 6.07) is 0.167. The third kappa shape index (κ3) is 6.97. The molecular weight excluding hydrogens is 250 g/mol. The van der Waals surface area contributed by atoms with E-state index in [1.165, 1.54) is 12.8 Å². The molecule has 1 unspecified atom stereocenters. The average molecular weight is 273 g/mol. The predicted octanol–water partition coefficient (Wildman–Crippen LogP) is -0.129. The van der Waals surface area contributed by atoms with E-state index < -0.39 is 5.97 Å². The standard InChI is InChI=1S/C12H23N3O4/c1-15-6-3-2-4-10(15)8-14-12(18)13-5-7-19-9-11(16)17/h10H,2-9H2,1H3,(H,16,17)(H2,13,14,18). The summed E-state index contributed by atoms with van der Waals surface area (Å²) < 4.78 is 4.81. The van der Waals surface area contributed by atoms with Crippen LogP contribution in [0.25, 0.3) is 0 Å². The number of hydrogen-bond acceptors (Lipinski definition) is 4. The smallest absolute Gasteiger partial charge is 0.329 e. The molecule has 0 aromatic rings. The monoisotopic (exact) mass is 273 g/mol. The van der Waals surface area contributed by atoms with Gasteiger partial charge < -0.3 is 25.4 Å². The van der Waals surface area contributed by atoms with Gasteiger partial charge in [0.25, 0.3) is 0 Å². The first-order chi connectivity index (χ1) is 9.09. The number of amides is 2. The van der Waals surface area contributed by atoms with Gasteiger partial charge in [-0.25, -0.2) is 9.59 Å². The summed E-state index contributed by atoms with van der Waals surface area (Å²) >= 11 is 0. The molecule has 1 fully saturated rings. The van der Waals surface area contributed by atoms with Crippen molar-refractivity contribution in [2.24, 2.45) is 0 Å². The van der Waals surface area contributed by atoms with E-state index in [4.69, 9.17) is 9.84 Å². The Labute approximate surface area is 113 Å². The number of aliphatic carboxylic acids is 1. The summed E-state index contributed by atoms with van der Waals surface area (Å²) in [6.45, 7) is 1.88. The van der Waals surface area contributed by atoms with Crippen LogP contribution in [0.4, 0.5) is 4.79 Å². The zero-order valence-corrected chi connectivity index (χ0v) is 11.4. The molecule has 0 saturated carbocycles. The molecule has 1 saturated heterocycles. The third-order valence-electron chi connectivity index (χ3n) is 3.18. The number of nitrogens with zero attached hydrogens (tertiary/aromatic N) is 1. The molecule has 0 aromatic heterocycles. The molecule has 19 heavy (non-hydrogen) atoms. The van der Waals surface area contributed by atoms with E-state index in [1.807, 2.05) is 0 Å². The van der Waals surface area contributed by atoms with Crippen LogP contribution in [0.1, 0.15) is 19.3 Å². The SMILES string of the molecule is CN1CCCCC1CNC(=O)NCCOCC(=O)O. The van der Waals surface area contributed by atoms with Gasteiger partial charge in [-0.1, -0.05) is 6.42 Å². The zero-order valence-electron chi connectivity index (χ0n) is 11.4. The van der Waals surface area contributed by atoms with E-state index in [2.05, 4.69) is 22.6 Å². The molecule has 0 radical (unpaired) electrons. The highest BCUT2D eigenvalue weighted by Gasteiger charge is 2.18. The second-order valence-electron chi connectivity index (χ2n) is 4.71. The molecule has 1 heterocycles. The summed E-state index contributed by atoms with van der Waals surface area (Å²) in [5.41, 5.74) is 0. The Bertz CT molecular complexity index is 299. The lowest BCUT2D eigenvalue weighted by Gasteiger charge is -2.32. The van der Waals surface area contributed by atoms with Crippen LogP contribution < -0.4 is 10.6 Å². The van der Waals surface area contributed by atoms with Gasteiger partial charge in [0.2, 0.25) is 0 Å². The Hall–Kier alpha value is -1.34. The van der Waals surface area contributed by atoms with E-state index in [0.29, 0.717) is 19.1 Å². The first kappa shape index (κ1) is 15.7. The van der Waals surface area contributed by atoms with Crippen molar-refractivity contribution in [2.75, 3.05) is 39.9 Å². The van der Waals surface area contributed by atoms with E-state index in [-0.39, 0.29) is 19.2 Å². The highest BCUT2D eigenvalue weighted by molar-refractivity contribution is 5.73. The Morgan fingerprint density at radius 1 is 1.37 bits per heavy atom. The number of nitrogens with one attached hydrogen (secondary N) is 2. The second kappa shape index (κ2) is 8.71. The van der Waals surface area contributed by atoms with Gasteiger partial charge in [-0.2, -0.15) is 0 Å². The Morgan fingerprint density at radius 3 is 2.84 bits per heavy atom. The molecule has 0 aromatic carbocycles. The molecule has 7 nitrogen and oxygen atoms in total. The molecule has 0 bridgehead atoms. The molecule has 1 atom stereocenters. The summed E-state index contributed by atoms with van der Waals surface area (Å²) in [5, 5.41) is 13.8. The van der Waals surface area contributed by atoms with Gasteiger partial charge in [-0.3, -0.25) is 0 Å². The third-order valence-corrected chi connectivity index (χ3v) is 3.18. The van der Waals surface area contributed by atoms with Crippen LogP contribution in [0, 0.1) is 0 Å². The lowest BCUT2D eigenvalue weighted by molar-refractivity contribution is -0.142. The van der Waals surface area contributed by atoms with Gasteiger partial charge in [0.15, 0.2) is 0 Å². The Balaban J connectivity index is 2.02. The largest absolute Gasteiger partial charge is 0.480 e. The van der Waals surface area contributed by atoms with Crippen molar-refractivity contribution in [1.82, 2.24) is 15.5 Å². The molecule has 3 N–H and O–H groups in total. The van der Waals surface area contributed by atoms with Crippen LogP contribution in [-0.2, 0) is 9.53 Å². The molecule has 2 amide bonds. The number of hydrogen-bond donors (Lipinski definition) is 3. The Kier molecular flexibility index (Phi) is 7.20. The first-order valence-electron chi connectivity index (χ1n) is 6.61. The van der Waals surface area contributed by atoms with Gasteiger partial charge >= 0.3 is 12.0 Å². The minimum absolute atomic E-state index is 0.197. The van der Waals surface area contributed by atoms with Gasteiger partial charge in [0, 0.05) is 19.1 Å². The maximum atomic E-state index is 11.5.